The summed E-state index contributed by atoms with van der Waals surface area (Å²) < 4.78 is 0. The van der Waals surface area contributed by atoms with Gasteiger partial charge in [0.25, 0.3) is 0 Å². The predicted molar refractivity (Wildman–Crippen MR) is 115 cm³/mol. The summed E-state index contributed by atoms with van der Waals surface area (Å²) in [6.45, 7) is 2.80. The van der Waals surface area contributed by atoms with E-state index in [1.807, 2.05) is 59.5 Å². The monoisotopic (exact) mass is 406 g/mol. The van der Waals surface area contributed by atoms with Gasteiger partial charge in [0.2, 0.25) is 0 Å². The zero-order valence-electron chi connectivity index (χ0n) is 14.9. The van der Waals surface area contributed by atoms with E-state index in [1.54, 1.807) is 6.20 Å². The van der Waals surface area contributed by atoms with Crippen molar-refractivity contribution >= 4 is 48.7 Å². The molecule has 0 unspecified atom stereocenters. The van der Waals surface area contributed by atoms with E-state index in [-0.39, 0.29) is 30.8 Å². The fourth-order valence-electron chi connectivity index (χ4n) is 3.63. The number of amides is 2. The Morgan fingerprint density at radius 3 is 2.67 bits per heavy atom. The van der Waals surface area contributed by atoms with E-state index in [0.717, 1.165) is 43.0 Å². The molecule has 2 amide bonds. The summed E-state index contributed by atoms with van der Waals surface area (Å²) in [5, 5.41) is 6.39. The van der Waals surface area contributed by atoms with Crippen LogP contribution < -0.4 is 10.6 Å². The third-order valence-electron chi connectivity index (χ3n) is 5.00. The molecule has 0 aliphatic carbocycles. The quantitative estimate of drug-likeness (QED) is 0.811. The molecule has 2 aliphatic heterocycles. The van der Waals surface area contributed by atoms with Gasteiger partial charge < -0.3 is 15.5 Å². The molecule has 2 N–H and O–H groups in total. The Kier molecular flexibility index (Phi) is 7.66. The molecule has 0 radical (unpaired) electrons. The maximum atomic E-state index is 12.5. The minimum Gasteiger partial charge on any atom is -0.320 e. The van der Waals surface area contributed by atoms with E-state index in [9.17, 15) is 4.79 Å². The number of carbonyl (C=O) groups excluding carboxylic acids is 1. The van der Waals surface area contributed by atoms with Crippen molar-refractivity contribution in [2.24, 2.45) is 5.92 Å². The molecule has 5 nitrogen and oxygen atoms in total. The first-order valence-corrected chi connectivity index (χ1v) is 8.77. The second-order valence-corrected chi connectivity index (χ2v) is 6.61. The maximum Gasteiger partial charge on any atom is 0.322 e. The number of carbonyl (C=O) groups is 1. The van der Waals surface area contributed by atoms with Crippen LogP contribution in [0.4, 0.5) is 10.5 Å². The minimum absolute atomic E-state index is 0. The number of likely N-dealkylation sites (tertiary alicyclic amines) is 1. The topological polar surface area (TPSA) is 57.3 Å². The number of aromatic nitrogens is 1. The molecule has 0 bridgehead atoms. The molecule has 3 heterocycles. The summed E-state index contributed by atoms with van der Waals surface area (Å²) in [7, 11) is 0. The molecule has 1 aromatic carbocycles. The third kappa shape index (κ3) is 5.01. The number of halogens is 2. The van der Waals surface area contributed by atoms with Gasteiger partial charge in [-0.05, 0) is 48.2 Å². The molecule has 2 aromatic rings. The Bertz CT molecular complexity index is 767. The zero-order valence-corrected chi connectivity index (χ0v) is 16.5. The Morgan fingerprint density at radius 1 is 1.11 bits per heavy atom. The van der Waals surface area contributed by atoms with Crippen molar-refractivity contribution in [1.82, 2.24) is 15.2 Å². The van der Waals surface area contributed by atoms with E-state index in [1.165, 1.54) is 0 Å². The fourth-order valence-corrected chi connectivity index (χ4v) is 3.63. The molecular weight excluding hydrogens is 383 g/mol. The Labute approximate surface area is 172 Å². The molecule has 1 aromatic heterocycles. The van der Waals surface area contributed by atoms with Crippen LogP contribution in [0.3, 0.4) is 0 Å². The number of nitrogens with one attached hydrogen (secondary N) is 2. The van der Waals surface area contributed by atoms with Gasteiger partial charge in [-0.2, -0.15) is 0 Å². The number of benzene rings is 1. The minimum atomic E-state index is 0. The van der Waals surface area contributed by atoms with Crippen molar-refractivity contribution in [3.8, 4) is 0 Å². The van der Waals surface area contributed by atoms with Crippen molar-refractivity contribution < 1.29 is 4.79 Å². The second kappa shape index (κ2) is 9.74. The lowest BCUT2D eigenvalue weighted by Crippen LogP contribution is -2.41. The van der Waals surface area contributed by atoms with Gasteiger partial charge >= 0.3 is 6.03 Å². The van der Waals surface area contributed by atoms with Crippen LogP contribution in [-0.4, -0.2) is 41.6 Å². The highest BCUT2D eigenvalue weighted by Gasteiger charge is 2.39. The first-order valence-electron chi connectivity index (χ1n) is 8.77. The smallest absolute Gasteiger partial charge is 0.320 e. The van der Waals surface area contributed by atoms with Gasteiger partial charge in [-0.15, -0.1) is 24.8 Å². The van der Waals surface area contributed by atoms with Crippen LogP contribution in [0, 0.1) is 5.92 Å². The Balaban J connectivity index is 0.00000131. The molecule has 7 heteroatoms. The van der Waals surface area contributed by atoms with Crippen LogP contribution in [0.25, 0.3) is 12.2 Å². The number of anilines is 1. The summed E-state index contributed by atoms with van der Waals surface area (Å²) >= 11 is 0. The second-order valence-electron chi connectivity index (χ2n) is 6.61. The average molecular weight is 407 g/mol. The van der Waals surface area contributed by atoms with Crippen molar-refractivity contribution in [3.05, 3.63) is 59.9 Å². The van der Waals surface area contributed by atoms with E-state index in [2.05, 4.69) is 15.6 Å². The number of hydrogen-bond acceptors (Lipinski definition) is 3. The number of rotatable bonds is 3. The van der Waals surface area contributed by atoms with Crippen LogP contribution >= 0.6 is 24.8 Å². The van der Waals surface area contributed by atoms with Crippen molar-refractivity contribution in [2.75, 3.05) is 25.0 Å². The molecule has 0 saturated carbocycles. The average Bonchev–Trinajstić information content (AvgIpc) is 3.25. The van der Waals surface area contributed by atoms with Gasteiger partial charge in [0.1, 0.15) is 0 Å². The number of hydrogen-bond donors (Lipinski definition) is 2. The SMILES string of the molecule is Cl.Cl.O=C(Nc1ccc(/C=C/c2ccccn2)cc1)N1CC[C@H]2CNC[C@H]21. The Morgan fingerprint density at radius 2 is 1.93 bits per heavy atom. The largest absolute Gasteiger partial charge is 0.322 e. The van der Waals surface area contributed by atoms with Gasteiger partial charge in [0, 0.05) is 37.6 Å². The molecule has 144 valence electrons. The first kappa shape index (κ1) is 21.2. The van der Waals surface area contributed by atoms with Crippen LogP contribution in [0.5, 0.6) is 0 Å². The zero-order chi connectivity index (χ0) is 17.1. The molecule has 2 aliphatic rings. The summed E-state index contributed by atoms with van der Waals surface area (Å²) in [6.07, 6.45) is 6.87. The lowest BCUT2D eigenvalue weighted by atomic mass is 10.1. The highest BCUT2D eigenvalue weighted by Crippen LogP contribution is 2.27. The number of urea groups is 1. The number of nitrogens with zero attached hydrogens (tertiary/aromatic N) is 2. The molecule has 2 saturated heterocycles. The molecule has 2 fully saturated rings. The van der Waals surface area contributed by atoms with Gasteiger partial charge in [-0.3, -0.25) is 4.98 Å². The lowest BCUT2D eigenvalue weighted by Gasteiger charge is -2.23. The van der Waals surface area contributed by atoms with E-state index >= 15 is 0 Å². The number of pyridine rings is 1. The van der Waals surface area contributed by atoms with Gasteiger partial charge in [-0.1, -0.05) is 24.3 Å². The molecule has 27 heavy (non-hydrogen) atoms. The summed E-state index contributed by atoms with van der Waals surface area (Å²) in [5.74, 6) is 0.616. The predicted octanol–water partition coefficient (Wildman–Crippen LogP) is 3.92. The molecule has 0 spiro atoms. The highest BCUT2D eigenvalue weighted by molar-refractivity contribution is 5.90. The van der Waals surface area contributed by atoms with Crippen LogP contribution in [0.15, 0.2) is 48.7 Å². The highest BCUT2D eigenvalue weighted by atomic mass is 35.5. The first-order chi connectivity index (χ1) is 12.3. The standard InChI is InChI=1S/C20H22N4O.2ClH/c25-20(24-12-10-16-13-21-14-19(16)24)23-18-8-5-15(6-9-18)4-7-17-3-1-2-11-22-17;;/h1-9,11,16,19,21H,10,12-14H2,(H,23,25);2*1H/b7-4+;;/t16-,19+;;/m0../s1. The van der Waals surface area contributed by atoms with Crippen molar-refractivity contribution in [2.45, 2.75) is 12.5 Å². The number of fused-ring (bicyclic) bond motifs is 1. The maximum absolute atomic E-state index is 12.5. The summed E-state index contributed by atoms with van der Waals surface area (Å²) in [5.41, 5.74) is 2.83. The fraction of sp³-hybridized carbons (Fsp3) is 0.300. The Hall–Kier alpha value is -2.08. The lowest BCUT2D eigenvalue weighted by molar-refractivity contribution is 0.206. The van der Waals surface area contributed by atoms with Crippen LogP contribution in [0.1, 0.15) is 17.7 Å². The van der Waals surface area contributed by atoms with Gasteiger partial charge in [0.15, 0.2) is 0 Å². The summed E-state index contributed by atoms with van der Waals surface area (Å²) in [4.78, 5) is 18.8. The van der Waals surface area contributed by atoms with Crippen molar-refractivity contribution in [3.63, 3.8) is 0 Å². The molecular formula is C20H24Cl2N4O. The summed E-state index contributed by atoms with van der Waals surface area (Å²) in [6, 6.07) is 14.1. The molecule has 4 rings (SSSR count). The van der Waals surface area contributed by atoms with E-state index in [4.69, 9.17) is 0 Å². The third-order valence-corrected chi connectivity index (χ3v) is 5.00. The van der Waals surface area contributed by atoms with E-state index < -0.39 is 0 Å². The normalized spacial score (nSPS) is 20.7. The van der Waals surface area contributed by atoms with Gasteiger partial charge in [0.05, 0.1) is 5.69 Å². The van der Waals surface area contributed by atoms with Crippen LogP contribution in [0.2, 0.25) is 0 Å². The van der Waals surface area contributed by atoms with Gasteiger partial charge in [-0.25, -0.2) is 4.79 Å². The van der Waals surface area contributed by atoms with E-state index in [0.29, 0.717) is 12.0 Å². The molecule has 2 atom stereocenters. The van der Waals surface area contributed by atoms with Crippen molar-refractivity contribution in [1.29, 1.82) is 0 Å². The van der Waals surface area contributed by atoms with Crippen LogP contribution in [-0.2, 0) is 0 Å².